The second-order valence-corrected chi connectivity index (χ2v) is 7.04. The Morgan fingerprint density at radius 2 is 1.61 bits per heavy atom. The molecule has 1 atom stereocenters. The number of nitrogens with zero attached hydrogens (tertiary/aromatic N) is 1. The van der Waals surface area contributed by atoms with E-state index in [4.69, 9.17) is 4.74 Å². The van der Waals surface area contributed by atoms with Crippen molar-refractivity contribution in [3.05, 3.63) is 71.3 Å². The van der Waals surface area contributed by atoms with E-state index in [-0.39, 0.29) is 5.92 Å². The van der Waals surface area contributed by atoms with Crippen molar-refractivity contribution in [3.8, 4) is 0 Å². The molecule has 6 heteroatoms. The van der Waals surface area contributed by atoms with Crippen LogP contribution in [0.1, 0.15) is 29.0 Å². The Morgan fingerprint density at radius 3 is 2.32 bits per heavy atom. The van der Waals surface area contributed by atoms with Crippen LogP contribution in [-0.4, -0.2) is 50.8 Å². The summed E-state index contributed by atoms with van der Waals surface area (Å²) in [5.74, 6) is -0.296. The second kappa shape index (κ2) is 10.0. The molecule has 1 N–H and O–H groups in total. The lowest BCUT2D eigenvalue weighted by Gasteiger charge is -2.27. The quantitative estimate of drug-likeness (QED) is 0.683. The molecule has 0 aromatic heterocycles. The van der Waals surface area contributed by atoms with Gasteiger partial charge in [0.2, 0.25) is 0 Å². The van der Waals surface area contributed by atoms with Gasteiger partial charge in [0, 0.05) is 32.1 Å². The second-order valence-electron chi connectivity index (χ2n) is 7.04. The first-order valence-corrected chi connectivity index (χ1v) is 9.77. The molecule has 1 heterocycles. The van der Waals surface area contributed by atoms with Crippen LogP contribution in [0.2, 0.25) is 0 Å². The van der Waals surface area contributed by atoms with Crippen molar-refractivity contribution >= 4 is 0 Å². The Hall–Kier alpha value is -1.89. The van der Waals surface area contributed by atoms with E-state index in [0.29, 0.717) is 18.5 Å². The van der Waals surface area contributed by atoms with Crippen LogP contribution in [0.25, 0.3) is 0 Å². The van der Waals surface area contributed by atoms with Gasteiger partial charge in [0.1, 0.15) is 0 Å². The monoisotopic (exact) mass is 392 g/mol. The molecule has 1 aliphatic rings. The van der Waals surface area contributed by atoms with Gasteiger partial charge in [-0.15, -0.1) is 0 Å². The summed E-state index contributed by atoms with van der Waals surface area (Å²) in [6.45, 7) is 5.83. The lowest BCUT2D eigenvalue weighted by Crippen LogP contribution is -2.40. The normalized spacial score (nSPS) is 16.8. The Kier molecular flexibility index (Phi) is 7.48. The number of benzene rings is 2. The molecule has 1 fully saturated rings. The molecular formula is C22H27F3N2O. The number of rotatable bonds is 8. The maximum Gasteiger partial charge on any atom is 0.416 e. The van der Waals surface area contributed by atoms with Crippen LogP contribution < -0.4 is 5.32 Å². The van der Waals surface area contributed by atoms with E-state index < -0.39 is 11.7 Å². The van der Waals surface area contributed by atoms with Gasteiger partial charge in [-0.1, -0.05) is 48.5 Å². The highest BCUT2D eigenvalue weighted by atomic mass is 19.4. The standard InChI is InChI=1S/C22H27F3N2O/c23-22(24,25)21-9-5-4-8-20(21)19(18-6-2-1-3-7-18)10-11-26-12-13-27-14-16-28-17-15-27/h1-9,19,26H,10-17H2. The van der Waals surface area contributed by atoms with Crippen molar-refractivity contribution in [2.45, 2.75) is 18.5 Å². The molecule has 1 aliphatic heterocycles. The number of alkyl halides is 3. The third-order valence-corrected chi connectivity index (χ3v) is 5.16. The van der Waals surface area contributed by atoms with E-state index in [9.17, 15) is 13.2 Å². The molecule has 28 heavy (non-hydrogen) atoms. The first kappa shape index (κ1) is 20.8. The Labute approximate surface area is 164 Å². The van der Waals surface area contributed by atoms with Crippen LogP contribution in [0.3, 0.4) is 0 Å². The number of morpholine rings is 1. The predicted molar refractivity (Wildman–Crippen MR) is 104 cm³/mol. The van der Waals surface area contributed by atoms with E-state index in [1.165, 1.54) is 12.1 Å². The Bertz CT molecular complexity index is 715. The van der Waals surface area contributed by atoms with Gasteiger partial charge in [0.15, 0.2) is 0 Å². The summed E-state index contributed by atoms with van der Waals surface area (Å²) in [5, 5.41) is 3.40. The number of hydrogen-bond donors (Lipinski definition) is 1. The average Bonchev–Trinajstić information content (AvgIpc) is 2.71. The average molecular weight is 392 g/mol. The van der Waals surface area contributed by atoms with Gasteiger partial charge >= 0.3 is 6.18 Å². The Balaban J connectivity index is 1.66. The van der Waals surface area contributed by atoms with Crippen LogP contribution in [-0.2, 0) is 10.9 Å². The van der Waals surface area contributed by atoms with Crippen molar-refractivity contribution in [2.75, 3.05) is 45.9 Å². The smallest absolute Gasteiger partial charge is 0.379 e. The minimum atomic E-state index is -4.35. The van der Waals surface area contributed by atoms with Gasteiger partial charge in [-0.25, -0.2) is 0 Å². The van der Waals surface area contributed by atoms with Gasteiger partial charge in [-0.05, 0) is 30.2 Å². The van der Waals surface area contributed by atoms with Crippen molar-refractivity contribution in [2.24, 2.45) is 0 Å². The largest absolute Gasteiger partial charge is 0.416 e. The van der Waals surface area contributed by atoms with Crippen LogP contribution >= 0.6 is 0 Å². The third kappa shape index (κ3) is 5.80. The third-order valence-electron chi connectivity index (χ3n) is 5.16. The minimum Gasteiger partial charge on any atom is -0.379 e. The van der Waals surface area contributed by atoms with E-state index >= 15 is 0 Å². The summed E-state index contributed by atoms with van der Waals surface area (Å²) >= 11 is 0. The first-order chi connectivity index (χ1) is 13.6. The molecule has 1 unspecified atom stereocenters. The summed E-state index contributed by atoms with van der Waals surface area (Å²) in [5.41, 5.74) is 0.711. The topological polar surface area (TPSA) is 24.5 Å². The molecule has 2 aromatic rings. The van der Waals surface area contributed by atoms with Crippen LogP contribution in [0.4, 0.5) is 13.2 Å². The fourth-order valence-corrected chi connectivity index (χ4v) is 3.68. The molecule has 1 saturated heterocycles. The van der Waals surface area contributed by atoms with Crippen LogP contribution in [0.5, 0.6) is 0 Å². The molecule has 0 spiro atoms. The molecule has 2 aromatic carbocycles. The molecule has 0 aliphatic carbocycles. The van der Waals surface area contributed by atoms with Crippen LogP contribution in [0.15, 0.2) is 54.6 Å². The van der Waals surface area contributed by atoms with Crippen molar-refractivity contribution in [3.63, 3.8) is 0 Å². The summed E-state index contributed by atoms with van der Waals surface area (Å²) in [6.07, 6.45) is -3.74. The number of hydrogen-bond acceptors (Lipinski definition) is 3. The van der Waals surface area contributed by atoms with Gasteiger partial charge in [-0.3, -0.25) is 4.90 Å². The van der Waals surface area contributed by atoms with Crippen LogP contribution in [0, 0.1) is 0 Å². The van der Waals surface area contributed by atoms with E-state index in [1.54, 1.807) is 12.1 Å². The highest BCUT2D eigenvalue weighted by Crippen LogP contribution is 2.38. The fraction of sp³-hybridized carbons (Fsp3) is 0.455. The Morgan fingerprint density at radius 1 is 0.929 bits per heavy atom. The highest BCUT2D eigenvalue weighted by Gasteiger charge is 2.35. The summed E-state index contributed by atoms with van der Waals surface area (Å²) in [7, 11) is 0. The molecule has 0 amide bonds. The van der Waals surface area contributed by atoms with E-state index in [1.807, 2.05) is 30.3 Å². The van der Waals surface area contributed by atoms with Gasteiger partial charge in [-0.2, -0.15) is 13.2 Å². The number of ether oxygens (including phenoxy) is 1. The first-order valence-electron chi connectivity index (χ1n) is 9.77. The maximum absolute atomic E-state index is 13.5. The lowest BCUT2D eigenvalue weighted by molar-refractivity contribution is -0.138. The zero-order valence-corrected chi connectivity index (χ0v) is 15.9. The van der Waals surface area contributed by atoms with E-state index in [2.05, 4.69) is 10.2 Å². The van der Waals surface area contributed by atoms with E-state index in [0.717, 1.165) is 45.0 Å². The minimum absolute atomic E-state index is 0.296. The summed E-state index contributed by atoms with van der Waals surface area (Å²) in [4.78, 5) is 2.34. The molecule has 0 radical (unpaired) electrons. The SMILES string of the molecule is FC(F)(F)c1ccccc1C(CCNCCN1CCOCC1)c1ccccc1. The van der Waals surface area contributed by atoms with Crippen molar-refractivity contribution in [1.82, 2.24) is 10.2 Å². The lowest BCUT2D eigenvalue weighted by atomic mass is 9.85. The maximum atomic E-state index is 13.5. The van der Waals surface area contributed by atoms with Crippen molar-refractivity contribution < 1.29 is 17.9 Å². The van der Waals surface area contributed by atoms with Crippen molar-refractivity contribution in [1.29, 1.82) is 0 Å². The van der Waals surface area contributed by atoms with Gasteiger partial charge in [0.25, 0.3) is 0 Å². The summed E-state index contributed by atoms with van der Waals surface area (Å²) < 4.78 is 46.0. The van der Waals surface area contributed by atoms with Gasteiger partial charge in [0.05, 0.1) is 18.8 Å². The zero-order chi connectivity index (χ0) is 19.8. The molecule has 0 saturated carbocycles. The molecule has 3 nitrogen and oxygen atoms in total. The highest BCUT2D eigenvalue weighted by molar-refractivity contribution is 5.39. The zero-order valence-electron chi connectivity index (χ0n) is 15.9. The molecule has 3 rings (SSSR count). The summed E-state index contributed by atoms with van der Waals surface area (Å²) in [6, 6.07) is 15.4. The number of nitrogens with one attached hydrogen (secondary N) is 1. The molecule has 152 valence electrons. The fourth-order valence-electron chi connectivity index (χ4n) is 3.68. The molecule has 0 bridgehead atoms. The number of halogens is 3. The molecular weight excluding hydrogens is 365 g/mol. The predicted octanol–water partition coefficient (Wildman–Crippen LogP) is 4.15. The van der Waals surface area contributed by atoms with Gasteiger partial charge < -0.3 is 10.1 Å².